The van der Waals surface area contributed by atoms with Crippen LogP contribution < -0.4 is 14.8 Å². The van der Waals surface area contributed by atoms with Crippen molar-refractivity contribution in [2.45, 2.75) is 37.9 Å². The van der Waals surface area contributed by atoms with Gasteiger partial charge in [-0.15, -0.1) is 0 Å². The molecule has 1 amide bonds. The molecule has 1 spiro atoms. The average molecular weight is 528 g/mol. The molecule has 0 atom stereocenters. The third-order valence-electron chi connectivity index (χ3n) is 7.22. The molecule has 1 fully saturated rings. The lowest BCUT2D eigenvalue weighted by Gasteiger charge is -2.45. The predicted molar refractivity (Wildman–Crippen MR) is 133 cm³/mol. The lowest BCUT2D eigenvalue weighted by atomic mass is 9.70. The fraction of sp³-hybridized carbons (Fsp3) is 0.407. The molecule has 0 unspecified atom stereocenters. The number of fused-ring (bicyclic) bond motifs is 2. The van der Waals surface area contributed by atoms with Crippen LogP contribution >= 0.6 is 0 Å². The fourth-order valence-electron chi connectivity index (χ4n) is 5.32. The molecule has 1 saturated heterocycles. The highest BCUT2D eigenvalue weighted by molar-refractivity contribution is 5.95. The molecule has 1 N–H and O–H groups in total. The number of pyridine rings is 3. The van der Waals surface area contributed by atoms with Crippen LogP contribution in [0.5, 0.6) is 11.8 Å². The molecule has 2 aliphatic rings. The number of nitrogens with one attached hydrogen (secondary N) is 1. The first-order chi connectivity index (χ1) is 18.3. The van der Waals surface area contributed by atoms with Crippen LogP contribution in [0.15, 0.2) is 42.6 Å². The molecule has 0 aliphatic carbocycles. The van der Waals surface area contributed by atoms with Gasteiger partial charge in [-0.1, -0.05) is 6.07 Å². The topological polar surface area (TPSA) is 89.5 Å². The van der Waals surface area contributed by atoms with E-state index in [-0.39, 0.29) is 11.3 Å². The van der Waals surface area contributed by atoms with Gasteiger partial charge in [0.25, 0.3) is 5.91 Å². The zero-order valence-corrected chi connectivity index (χ0v) is 21.1. The highest BCUT2D eigenvalue weighted by Gasteiger charge is 2.43. The molecule has 3 aromatic rings. The van der Waals surface area contributed by atoms with Gasteiger partial charge in [-0.3, -0.25) is 9.78 Å². The maximum absolute atomic E-state index is 13.7. The van der Waals surface area contributed by atoms with Gasteiger partial charge >= 0.3 is 6.18 Å². The summed E-state index contributed by atoms with van der Waals surface area (Å²) in [4.78, 5) is 27.4. The monoisotopic (exact) mass is 527 g/mol. The molecule has 2 aliphatic heterocycles. The van der Waals surface area contributed by atoms with Crippen LogP contribution in [-0.2, 0) is 18.1 Å². The third-order valence-corrected chi connectivity index (χ3v) is 7.22. The summed E-state index contributed by atoms with van der Waals surface area (Å²) >= 11 is 0. The molecular formula is C27H28F3N5O3. The van der Waals surface area contributed by atoms with Crippen LogP contribution in [0.3, 0.4) is 0 Å². The van der Waals surface area contributed by atoms with Crippen LogP contribution in [0.25, 0.3) is 11.3 Å². The van der Waals surface area contributed by atoms with Gasteiger partial charge < -0.3 is 19.7 Å². The summed E-state index contributed by atoms with van der Waals surface area (Å²) in [7, 11) is 1.23. The number of halogens is 3. The van der Waals surface area contributed by atoms with Gasteiger partial charge in [-0.05, 0) is 49.6 Å². The standard InChI is InChI=1S/C27H28F3N5O3/c1-3-38-24-17(5-4-12-32-24)20-8-7-19-21(33-20)15-31-16-26(19)10-13-35(14-11-26)25(36)18-6-9-22(37-2)34-23(18)27(28,29)30/h4-9,12,31H,3,10-11,13-16H2,1-2H3. The number of ether oxygens (including phenoxy) is 2. The summed E-state index contributed by atoms with van der Waals surface area (Å²) in [5.74, 6) is -0.346. The van der Waals surface area contributed by atoms with E-state index in [9.17, 15) is 18.0 Å². The van der Waals surface area contributed by atoms with Crippen LogP contribution in [0.2, 0.25) is 0 Å². The Morgan fingerprint density at radius 2 is 1.92 bits per heavy atom. The zero-order valence-electron chi connectivity index (χ0n) is 21.1. The highest BCUT2D eigenvalue weighted by Crippen LogP contribution is 2.41. The van der Waals surface area contributed by atoms with Crippen molar-refractivity contribution in [2.24, 2.45) is 0 Å². The van der Waals surface area contributed by atoms with Crippen molar-refractivity contribution < 1.29 is 27.4 Å². The van der Waals surface area contributed by atoms with Gasteiger partial charge in [0.2, 0.25) is 11.8 Å². The maximum atomic E-state index is 13.7. The number of amides is 1. The van der Waals surface area contributed by atoms with Crippen molar-refractivity contribution in [2.75, 3.05) is 33.4 Å². The largest absolute Gasteiger partial charge is 0.481 e. The van der Waals surface area contributed by atoms with E-state index in [1.165, 1.54) is 18.1 Å². The summed E-state index contributed by atoms with van der Waals surface area (Å²) in [5.41, 5.74) is 1.63. The second kappa shape index (κ2) is 10.2. The van der Waals surface area contributed by atoms with Crippen molar-refractivity contribution in [3.63, 3.8) is 0 Å². The van der Waals surface area contributed by atoms with E-state index in [4.69, 9.17) is 14.5 Å². The summed E-state index contributed by atoms with van der Waals surface area (Å²) in [6.07, 6.45) is -1.90. The average Bonchev–Trinajstić information content (AvgIpc) is 2.93. The molecule has 11 heteroatoms. The number of piperidine rings is 1. The zero-order chi connectivity index (χ0) is 26.9. The first-order valence-electron chi connectivity index (χ1n) is 12.5. The van der Waals surface area contributed by atoms with Crippen LogP contribution in [0, 0.1) is 0 Å². The number of aromatic nitrogens is 3. The lowest BCUT2D eigenvalue weighted by molar-refractivity contribution is -0.141. The number of rotatable bonds is 5. The van der Waals surface area contributed by atoms with E-state index in [1.54, 1.807) is 6.20 Å². The third kappa shape index (κ3) is 4.78. The van der Waals surface area contributed by atoms with Crippen LogP contribution in [0.1, 0.15) is 47.1 Å². The number of likely N-dealkylation sites (tertiary alicyclic amines) is 1. The van der Waals surface area contributed by atoms with E-state index >= 15 is 0 Å². The van der Waals surface area contributed by atoms with Gasteiger partial charge in [0.05, 0.1) is 36.2 Å². The molecule has 5 heterocycles. The number of alkyl halides is 3. The molecule has 0 radical (unpaired) electrons. The molecule has 0 aromatic carbocycles. The molecule has 8 nitrogen and oxygen atoms in total. The Labute approximate surface area is 218 Å². The van der Waals surface area contributed by atoms with Gasteiger partial charge in [0, 0.05) is 43.9 Å². The van der Waals surface area contributed by atoms with Crippen LogP contribution in [-0.4, -0.2) is 59.1 Å². The lowest BCUT2D eigenvalue weighted by Crippen LogP contribution is -2.52. The van der Waals surface area contributed by atoms with Crippen molar-refractivity contribution in [3.05, 3.63) is 65.1 Å². The number of hydrogen-bond donors (Lipinski definition) is 1. The molecule has 38 heavy (non-hydrogen) atoms. The van der Waals surface area contributed by atoms with Crippen molar-refractivity contribution in [3.8, 4) is 23.0 Å². The Morgan fingerprint density at radius 1 is 1.13 bits per heavy atom. The van der Waals surface area contributed by atoms with E-state index in [0.29, 0.717) is 51.5 Å². The first-order valence-corrected chi connectivity index (χ1v) is 12.5. The normalized spacial score (nSPS) is 16.7. The number of hydrogen-bond acceptors (Lipinski definition) is 7. The first kappa shape index (κ1) is 25.9. The Balaban J connectivity index is 1.38. The Morgan fingerprint density at radius 3 is 2.63 bits per heavy atom. The number of nitrogens with zero attached hydrogens (tertiary/aromatic N) is 4. The molecule has 0 bridgehead atoms. The molecule has 0 saturated carbocycles. The second-order valence-electron chi connectivity index (χ2n) is 9.40. The molecule has 200 valence electrons. The number of methoxy groups -OCH3 is 1. The summed E-state index contributed by atoms with van der Waals surface area (Å²) in [6.45, 7) is 4.34. The minimum atomic E-state index is -4.78. The van der Waals surface area contributed by atoms with Gasteiger partial charge in [-0.25, -0.2) is 9.97 Å². The molecule has 3 aromatic heterocycles. The Hall–Kier alpha value is -3.73. The minimum Gasteiger partial charge on any atom is -0.481 e. The highest BCUT2D eigenvalue weighted by atomic mass is 19.4. The Kier molecular flexibility index (Phi) is 6.95. The van der Waals surface area contributed by atoms with Crippen LogP contribution in [0.4, 0.5) is 13.2 Å². The van der Waals surface area contributed by atoms with Gasteiger partial charge in [-0.2, -0.15) is 13.2 Å². The van der Waals surface area contributed by atoms with E-state index < -0.39 is 23.3 Å². The van der Waals surface area contributed by atoms with Crippen molar-refractivity contribution in [1.29, 1.82) is 0 Å². The quantitative estimate of drug-likeness (QED) is 0.531. The number of carbonyl (C=O) groups excluding carboxylic acids is 1. The summed E-state index contributed by atoms with van der Waals surface area (Å²) in [6, 6.07) is 10.2. The summed E-state index contributed by atoms with van der Waals surface area (Å²) < 4.78 is 51.5. The Bertz CT molecular complexity index is 1340. The minimum absolute atomic E-state index is 0.192. The fourth-order valence-corrected chi connectivity index (χ4v) is 5.32. The van der Waals surface area contributed by atoms with Gasteiger partial charge in [0.1, 0.15) is 0 Å². The predicted octanol–water partition coefficient (Wildman–Crippen LogP) is 4.24. The molecular weight excluding hydrogens is 499 g/mol. The number of carbonyl (C=O) groups is 1. The van der Waals surface area contributed by atoms with Crippen molar-refractivity contribution in [1.82, 2.24) is 25.2 Å². The SMILES string of the molecule is CCOc1ncccc1-c1ccc2c(n1)CNCC21CCN(C(=O)c2ccc(OC)nc2C(F)(F)F)CC1. The van der Waals surface area contributed by atoms with E-state index in [0.717, 1.165) is 28.6 Å². The summed E-state index contributed by atoms with van der Waals surface area (Å²) in [5, 5.41) is 3.45. The van der Waals surface area contributed by atoms with Gasteiger partial charge in [0.15, 0.2) is 5.69 Å². The van der Waals surface area contributed by atoms with E-state index in [1.807, 2.05) is 25.1 Å². The van der Waals surface area contributed by atoms with Crippen molar-refractivity contribution >= 4 is 5.91 Å². The second-order valence-corrected chi connectivity index (χ2v) is 9.40. The van der Waals surface area contributed by atoms with E-state index in [2.05, 4.69) is 21.4 Å². The molecule has 5 rings (SSSR count). The smallest absolute Gasteiger partial charge is 0.434 e. The maximum Gasteiger partial charge on any atom is 0.434 e.